The van der Waals surface area contributed by atoms with E-state index in [1.807, 2.05) is 45.2 Å². The maximum Gasteiger partial charge on any atom is 0.315 e. The van der Waals surface area contributed by atoms with Crippen molar-refractivity contribution in [3.05, 3.63) is 47.5 Å². The molecule has 1 aromatic carbocycles. The highest BCUT2D eigenvalue weighted by atomic mass is 16.5. The van der Waals surface area contributed by atoms with Crippen LogP contribution in [0.15, 0.2) is 30.6 Å². The van der Waals surface area contributed by atoms with E-state index < -0.39 is 0 Å². The average Bonchev–Trinajstić information content (AvgIpc) is 2.98. The highest BCUT2D eigenvalue weighted by Crippen LogP contribution is 2.07. The maximum atomic E-state index is 11.9. The molecule has 0 spiro atoms. The first-order valence-corrected chi connectivity index (χ1v) is 7.64. The molecule has 0 aliphatic heterocycles. The number of nitrogens with zero attached hydrogens (tertiary/aromatic N) is 3. The molecule has 2 rings (SSSR count). The summed E-state index contributed by atoms with van der Waals surface area (Å²) in [5, 5.41) is 13.5. The summed E-state index contributed by atoms with van der Waals surface area (Å²) in [6.07, 6.45) is 1.61. The normalized spacial score (nSPS) is 12.0. The summed E-state index contributed by atoms with van der Waals surface area (Å²) in [5.41, 5.74) is 2.16. The van der Waals surface area contributed by atoms with Gasteiger partial charge in [0.05, 0.1) is 12.6 Å². The molecular weight excluding hydrogens is 294 g/mol. The van der Waals surface area contributed by atoms with E-state index >= 15 is 0 Å². The number of rotatable bonds is 7. The monoisotopic (exact) mass is 317 g/mol. The molecule has 0 unspecified atom stereocenters. The molecule has 0 bridgehead atoms. The van der Waals surface area contributed by atoms with Crippen molar-refractivity contribution in [2.75, 3.05) is 6.61 Å². The SMILES string of the molecule is CCOCc1ccc(CNC(=O)N[C@@H](C)c2nncn2C)cc1. The molecule has 7 nitrogen and oxygen atoms in total. The van der Waals surface area contributed by atoms with E-state index in [1.165, 1.54) is 0 Å². The number of carbonyl (C=O) groups excluding carboxylic acids is 1. The van der Waals surface area contributed by atoms with Crippen molar-refractivity contribution in [2.45, 2.75) is 33.0 Å². The Bertz CT molecular complexity index is 624. The lowest BCUT2D eigenvalue weighted by Gasteiger charge is -2.14. The van der Waals surface area contributed by atoms with Crippen LogP contribution in [0.2, 0.25) is 0 Å². The highest BCUT2D eigenvalue weighted by molar-refractivity contribution is 5.74. The fourth-order valence-electron chi connectivity index (χ4n) is 2.15. The summed E-state index contributed by atoms with van der Waals surface area (Å²) in [6, 6.07) is 7.54. The highest BCUT2D eigenvalue weighted by Gasteiger charge is 2.13. The molecule has 0 radical (unpaired) electrons. The van der Waals surface area contributed by atoms with E-state index in [4.69, 9.17) is 4.74 Å². The Kier molecular flexibility index (Phi) is 6.10. The third-order valence-corrected chi connectivity index (χ3v) is 3.43. The number of aryl methyl sites for hydroxylation is 1. The number of aromatic nitrogens is 3. The lowest BCUT2D eigenvalue weighted by Crippen LogP contribution is -2.37. The number of urea groups is 1. The zero-order chi connectivity index (χ0) is 16.7. The maximum absolute atomic E-state index is 11.9. The second-order valence-corrected chi connectivity index (χ2v) is 5.30. The number of hydrogen-bond donors (Lipinski definition) is 2. The fourth-order valence-corrected chi connectivity index (χ4v) is 2.15. The van der Waals surface area contributed by atoms with Crippen LogP contribution in [0.1, 0.15) is 36.8 Å². The molecule has 2 N–H and O–H groups in total. The summed E-state index contributed by atoms with van der Waals surface area (Å²) in [4.78, 5) is 11.9. The number of amides is 2. The van der Waals surface area contributed by atoms with Crippen molar-refractivity contribution < 1.29 is 9.53 Å². The first-order valence-electron chi connectivity index (χ1n) is 7.64. The van der Waals surface area contributed by atoms with Gasteiger partial charge in [0, 0.05) is 20.2 Å². The molecule has 0 fully saturated rings. The van der Waals surface area contributed by atoms with Gasteiger partial charge < -0.3 is 19.9 Å². The molecule has 1 heterocycles. The van der Waals surface area contributed by atoms with Gasteiger partial charge in [0.1, 0.15) is 6.33 Å². The topological polar surface area (TPSA) is 81.1 Å². The van der Waals surface area contributed by atoms with Crippen molar-refractivity contribution in [3.63, 3.8) is 0 Å². The zero-order valence-electron chi connectivity index (χ0n) is 13.7. The van der Waals surface area contributed by atoms with Crippen LogP contribution in [0.5, 0.6) is 0 Å². The molecule has 1 atom stereocenters. The molecule has 0 saturated carbocycles. The number of benzene rings is 1. The smallest absolute Gasteiger partial charge is 0.315 e. The predicted molar refractivity (Wildman–Crippen MR) is 86.6 cm³/mol. The van der Waals surface area contributed by atoms with Crippen LogP contribution >= 0.6 is 0 Å². The number of ether oxygens (including phenoxy) is 1. The third-order valence-electron chi connectivity index (χ3n) is 3.43. The Morgan fingerprint density at radius 2 is 2.00 bits per heavy atom. The molecule has 23 heavy (non-hydrogen) atoms. The molecule has 2 aromatic rings. The molecule has 0 aliphatic carbocycles. The molecule has 7 heteroatoms. The van der Waals surface area contributed by atoms with Crippen molar-refractivity contribution in [1.29, 1.82) is 0 Å². The van der Waals surface area contributed by atoms with Crippen LogP contribution in [0.25, 0.3) is 0 Å². The number of nitrogens with one attached hydrogen (secondary N) is 2. The standard InChI is InChI=1S/C16H23N5O2/c1-4-23-10-14-7-5-13(6-8-14)9-17-16(22)19-12(2)15-20-18-11-21(15)3/h5-8,11-12H,4,9-10H2,1-3H3,(H2,17,19,22)/t12-/m0/s1. The van der Waals surface area contributed by atoms with E-state index in [1.54, 1.807) is 10.9 Å². The minimum absolute atomic E-state index is 0.212. The van der Waals surface area contributed by atoms with Crippen LogP contribution in [0, 0.1) is 0 Å². The first-order chi connectivity index (χ1) is 11.1. The van der Waals surface area contributed by atoms with Crippen LogP contribution in [-0.4, -0.2) is 27.4 Å². The second-order valence-electron chi connectivity index (χ2n) is 5.30. The van der Waals surface area contributed by atoms with E-state index in [2.05, 4.69) is 20.8 Å². The predicted octanol–water partition coefficient (Wildman–Crippen LogP) is 1.91. The molecule has 0 saturated heterocycles. The van der Waals surface area contributed by atoms with Gasteiger partial charge in [-0.05, 0) is 25.0 Å². The van der Waals surface area contributed by atoms with Crippen molar-refractivity contribution in [1.82, 2.24) is 25.4 Å². The van der Waals surface area contributed by atoms with E-state index in [0.717, 1.165) is 11.1 Å². The van der Waals surface area contributed by atoms with Crippen LogP contribution < -0.4 is 10.6 Å². The summed E-state index contributed by atoms with van der Waals surface area (Å²) in [5.74, 6) is 0.709. The number of carbonyl (C=O) groups is 1. The summed E-state index contributed by atoms with van der Waals surface area (Å²) >= 11 is 0. The molecular formula is C16H23N5O2. The largest absolute Gasteiger partial charge is 0.377 e. The van der Waals surface area contributed by atoms with Gasteiger partial charge in [-0.2, -0.15) is 0 Å². The van der Waals surface area contributed by atoms with Gasteiger partial charge in [0.15, 0.2) is 5.82 Å². The minimum atomic E-state index is -0.237. The zero-order valence-corrected chi connectivity index (χ0v) is 13.7. The Morgan fingerprint density at radius 3 is 2.61 bits per heavy atom. The van der Waals surface area contributed by atoms with Gasteiger partial charge in [-0.1, -0.05) is 24.3 Å². The minimum Gasteiger partial charge on any atom is -0.377 e. The number of hydrogen-bond acceptors (Lipinski definition) is 4. The van der Waals surface area contributed by atoms with E-state index in [9.17, 15) is 4.79 Å². The van der Waals surface area contributed by atoms with Crippen LogP contribution in [0.4, 0.5) is 4.79 Å². The van der Waals surface area contributed by atoms with Gasteiger partial charge in [0.25, 0.3) is 0 Å². The van der Waals surface area contributed by atoms with Crippen LogP contribution in [-0.2, 0) is 24.9 Å². The van der Waals surface area contributed by atoms with Crippen LogP contribution in [0.3, 0.4) is 0 Å². The molecule has 124 valence electrons. The fraction of sp³-hybridized carbons (Fsp3) is 0.438. The Balaban J connectivity index is 1.79. The molecule has 1 aromatic heterocycles. The molecule has 0 aliphatic rings. The van der Waals surface area contributed by atoms with Gasteiger partial charge in [-0.3, -0.25) is 0 Å². The summed E-state index contributed by atoms with van der Waals surface area (Å²) < 4.78 is 7.13. The summed E-state index contributed by atoms with van der Waals surface area (Å²) in [7, 11) is 1.84. The quantitative estimate of drug-likeness (QED) is 0.817. The van der Waals surface area contributed by atoms with Crippen molar-refractivity contribution in [2.24, 2.45) is 7.05 Å². The lowest BCUT2D eigenvalue weighted by atomic mass is 10.1. The van der Waals surface area contributed by atoms with Gasteiger partial charge in [-0.25, -0.2) is 4.79 Å². The second kappa shape index (κ2) is 8.28. The Hall–Kier alpha value is -2.41. The third kappa shape index (κ3) is 5.07. The van der Waals surface area contributed by atoms with Crippen molar-refractivity contribution >= 4 is 6.03 Å². The van der Waals surface area contributed by atoms with E-state index in [-0.39, 0.29) is 12.1 Å². The Morgan fingerprint density at radius 1 is 1.30 bits per heavy atom. The van der Waals surface area contributed by atoms with Gasteiger partial charge in [0.2, 0.25) is 0 Å². The van der Waals surface area contributed by atoms with Gasteiger partial charge in [-0.15, -0.1) is 10.2 Å². The Labute approximate surface area is 136 Å². The lowest BCUT2D eigenvalue weighted by molar-refractivity contribution is 0.134. The summed E-state index contributed by atoms with van der Waals surface area (Å²) in [6.45, 7) is 5.62. The average molecular weight is 317 g/mol. The molecule has 2 amide bonds. The first kappa shape index (κ1) is 17.0. The van der Waals surface area contributed by atoms with Gasteiger partial charge >= 0.3 is 6.03 Å². The van der Waals surface area contributed by atoms with Crippen molar-refractivity contribution in [3.8, 4) is 0 Å². The van der Waals surface area contributed by atoms with E-state index in [0.29, 0.717) is 25.6 Å².